The average molecular weight is 373 g/mol. The first-order valence-corrected chi connectivity index (χ1v) is 8.16. The maximum atomic E-state index is 13.0. The van der Waals surface area contributed by atoms with E-state index in [-0.39, 0.29) is 18.7 Å². The lowest BCUT2D eigenvalue weighted by Crippen LogP contribution is -2.21. The van der Waals surface area contributed by atoms with Crippen LogP contribution in [0.1, 0.15) is 16.7 Å². The summed E-state index contributed by atoms with van der Waals surface area (Å²) in [5.41, 5.74) is 1.07. The molecule has 136 valence electrons. The lowest BCUT2D eigenvalue weighted by molar-refractivity contribution is -0.138. The molecule has 0 aliphatic carbocycles. The number of hydrogen-bond acceptors (Lipinski definition) is 3. The maximum absolute atomic E-state index is 13.0. The number of benzene rings is 2. The fourth-order valence-corrected chi connectivity index (χ4v) is 2.67. The van der Waals surface area contributed by atoms with Crippen molar-refractivity contribution in [3.63, 3.8) is 0 Å². The molecule has 0 aliphatic rings. The Hall–Kier alpha value is -1.76. The van der Waals surface area contributed by atoms with Crippen LogP contribution in [-0.2, 0) is 19.3 Å². The molecule has 0 aromatic heterocycles. The van der Waals surface area contributed by atoms with Gasteiger partial charge in [-0.3, -0.25) is 4.90 Å². The molecular weight excluding hydrogens is 353 g/mol. The highest BCUT2D eigenvalue weighted by Crippen LogP contribution is 2.32. The van der Waals surface area contributed by atoms with Crippen molar-refractivity contribution in [2.45, 2.75) is 19.3 Å². The molecule has 7 heteroatoms. The van der Waals surface area contributed by atoms with E-state index in [9.17, 15) is 13.2 Å². The molecule has 2 N–H and O–H groups in total. The van der Waals surface area contributed by atoms with Gasteiger partial charge in [-0.15, -0.1) is 0 Å². The van der Waals surface area contributed by atoms with Crippen LogP contribution < -0.4 is 5.32 Å². The summed E-state index contributed by atoms with van der Waals surface area (Å²) in [6.07, 6.45) is -4.38. The fraction of sp³-hybridized carbons (Fsp3) is 0.333. The van der Waals surface area contributed by atoms with Crippen molar-refractivity contribution in [2.75, 3.05) is 25.5 Å². The summed E-state index contributed by atoms with van der Waals surface area (Å²) in [7, 11) is 1.85. The molecule has 0 aliphatic heterocycles. The third kappa shape index (κ3) is 5.63. The normalized spacial score (nSPS) is 11.8. The first kappa shape index (κ1) is 19.6. The maximum Gasteiger partial charge on any atom is 0.416 e. The number of likely N-dealkylation sites (N-methyl/N-ethyl adjacent to an activating group) is 1. The quantitative estimate of drug-likeness (QED) is 0.756. The van der Waals surface area contributed by atoms with Gasteiger partial charge in [-0.05, 0) is 42.4 Å². The third-order valence-electron chi connectivity index (χ3n) is 3.77. The number of nitrogens with one attached hydrogen (secondary N) is 1. The van der Waals surface area contributed by atoms with Crippen LogP contribution in [0.4, 0.5) is 18.9 Å². The van der Waals surface area contributed by atoms with Gasteiger partial charge in [0.05, 0.1) is 12.2 Å². The van der Waals surface area contributed by atoms with Crippen LogP contribution in [0.2, 0.25) is 5.02 Å². The number of hydrogen-bond donors (Lipinski definition) is 2. The molecule has 0 fully saturated rings. The Kier molecular flexibility index (Phi) is 6.70. The molecule has 0 spiro atoms. The van der Waals surface area contributed by atoms with Gasteiger partial charge in [0.1, 0.15) is 0 Å². The van der Waals surface area contributed by atoms with E-state index in [1.807, 2.05) is 18.0 Å². The summed E-state index contributed by atoms with van der Waals surface area (Å²) in [5, 5.41) is 12.6. The van der Waals surface area contributed by atoms with Crippen LogP contribution in [-0.4, -0.2) is 30.2 Å². The van der Waals surface area contributed by atoms with Gasteiger partial charge in [0.25, 0.3) is 0 Å². The van der Waals surface area contributed by atoms with Gasteiger partial charge in [-0.25, -0.2) is 0 Å². The van der Waals surface area contributed by atoms with Crippen LogP contribution in [0.3, 0.4) is 0 Å². The number of nitrogens with zero attached hydrogens (tertiary/aromatic N) is 1. The van der Waals surface area contributed by atoms with E-state index < -0.39 is 11.7 Å². The second-order valence-electron chi connectivity index (χ2n) is 5.78. The molecule has 0 bridgehead atoms. The Morgan fingerprint density at radius 1 is 1.12 bits per heavy atom. The summed E-state index contributed by atoms with van der Waals surface area (Å²) in [5.74, 6) is 0. The highest BCUT2D eigenvalue weighted by atomic mass is 35.5. The van der Waals surface area contributed by atoms with Crippen LogP contribution >= 0.6 is 11.6 Å². The molecule has 0 saturated carbocycles. The first-order valence-electron chi connectivity index (χ1n) is 7.78. The molecule has 2 rings (SSSR count). The number of halogens is 4. The average Bonchev–Trinajstić information content (AvgIpc) is 2.55. The zero-order valence-electron chi connectivity index (χ0n) is 13.8. The monoisotopic (exact) mass is 372 g/mol. The molecule has 3 nitrogen and oxygen atoms in total. The minimum atomic E-state index is -4.38. The van der Waals surface area contributed by atoms with E-state index in [1.54, 1.807) is 18.2 Å². The number of aliphatic hydroxyl groups excluding tert-OH is 1. The number of anilines is 1. The molecule has 0 radical (unpaired) electrons. The second kappa shape index (κ2) is 8.56. The van der Waals surface area contributed by atoms with Gasteiger partial charge < -0.3 is 10.4 Å². The number of alkyl halides is 3. The van der Waals surface area contributed by atoms with Gasteiger partial charge in [0.15, 0.2) is 0 Å². The Morgan fingerprint density at radius 3 is 2.52 bits per heavy atom. The summed E-state index contributed by atoms with van der Waals surface area (Å²) in [4.78, 5) is 1.91. The van der Waals surface area contributed by atoms with Crippen LogP contribution in [0.5, 0.6) is 0 Å². The molecule has 0 saturated heterocycles. The topological polar surface area (TPSA) is 35.5 Å². The van der Waals surface area contributed by atoms with Gasteiger partial charge in [0.2, 0.25) is 0 Å². The predicted molar refractivity (Wildman–Crippen MR) is 93.6 cm³/mol. The lowest BCUT2D eigenvalue weighted by Gasteiger charge is -2.18. The Morgan fingerprint density at radius 2 is 1.84 bits per heavy atom. The molecule has 25 heavy (non-hydrogen) atoms. The van der Waals surface area contributed by atoms with E-state index in [2.05, 4.69) is 5.32 Å². The standard InChI is InChI=1S/C18H20ClF3N2O/c1-24(8-9-25)12-14-10-15(6-7-17(14)19)23-11-13-4-2-3-5-16(13)18(20,21)22/h2-7,10,23,25H,8-9,11-12H2,1H3. The summed E-state index contributed by atoms with van der Waals surface area (Å²) in [6, 6.07) is 10.8. The van der Waals surface area contributed by atoms with Gasteiger partial charge in [-0.2, -0.15) is 13.2 Å². The lowest BCUT2D eigenvalue weighted by atomic mass is 10.1. The van der Waals surface area contributed by atoms with Crippen molar-refractivity contribution in [3.05, 3.63) is 64.2 Å². The molecule has 0 unspecified atom stereocenters. The van der Waals surface area contributed by atoms with Crippen LogP contribution in [0.25, 0.3) is 0 Å². The smallest absolute Gasteiger partial charge is 0.395 e. The molecule has 0 heterocycles. The van der Waals surface area contributed by atoms with E-state index in [0.29, 0.717) is 23.8 Å². The van der Waals surface area contributed by atoms with Gasteiger partial charge in [0, 0.05) is 30.3 Å². The highest BCUT2D eigenvalue weighted by molar-refractivity contribution is 6.31. The third-order valence-corrected chi connectivity index (χ3v) is 4.14. The van der Waals surface area contributed by atoms with Crippen LogP contribution in [0.15, 0.2) is 42.5 Å². The minimum Gasteiger partial charge on any atom is -0.395 e. The van der Waals surface area contributed by atoms with E-state index in [4.69, 9.17) is 16.7 Å². The summed E-state index contributed by atoms with van der Waals surface area (Å²) >= 11 is 6.18. The van der Waals surface area contributed by atoms with Crippen LogP contribution in [0, 0.1) is 0 Å². The summed E-state index contributed by atoms with van der Waals surface area (Å²) < 4.78 is 39.1. The minimum absolute atomic E-state index is 0.0420. The van der Waals surface area contributed by atoms with Gasteiger partial charge >= 0.3 is 6.18 Å². The van der Waals surface area contributed by atoms with E-state index >= 15 is 0 Å². The predicted octanol–water partition coefficient (Wildman–Crippen LogP) is 4.40. The summed E-state index contributed by atoms with van der Waals surface area (Å²) in [6.45, 7) is 1.14. The molecule has 2 aromatic rings. The highest BCUT2D eigenvalue weighted by Gasteiger charge is 2.32. The van der Waals surface area contributed by atoms with E-state index in [0.717, 1.165) is 11.6 Å². The molecule has 0 amide bonds. The Labute approximate surface area is 150 Å². The van der Waals surface area contributed by atoms with Crippen molar-refractivity contribution in [1.82, 2.24) is 4.90 Å². The largest absolute Gasteiger partial charge is 0.416 e. The Bertz CT molecular complexity index is 707. The Balaban J connectivity index is 2.12. The zero-order valence-corrected chi connectivity index (χ0v) is 14.5. The van der Waals surface area contributed by atoms with Crippen molar-refractivity contribution >= 4 is 17.3 Å². The van der Waals surface area contributed by atoms with Crippen molar-refractivity contribution in [1.29, 1.82) is 0 Å². The molecule has 0 atom stereocenters. The van der Waals surface area contributed by atoms with Gasteiger partial charge in [-0.1, -0.05) is 29.8 Å². The second-order valence-corrected chi connectivity index (χ2v) is 6.18. The van der Waals surface area contributed by atoms with E-state index in [1.165, 1.54) is 12.1 Å². The molecular formula is C18H20ClF3N2O. The van der Waals surface area contributed by atoms with Crippen molar-refractivity contribution in [3.8, 4) is 0 Å². The van der Waals surface area contributed by atoms with Crippen molar-refractivity contribution < 1.29 is 18.3 Å². The number of rotatable bonds is 7. The SMILES string of the molecule is CN(CCO)Cc1cc(NCc2ccccc2C(F)(F)F)ccc1Cl. The van der Waals surface area contributed by atoms with Crippen molar-refractivity contribution in [2.24, 2.45) is 0 Å². The molecule has 2 aromatic carbocycles. The first-order chi connectivity index (χ1) is 11.8. The fourth-order valence-electron chi connectivity index (χ4n) is 2.49. The zero-order chi connectivity index (χ0) is 18.4. The number of aliphatic hydroxyl groups is 1.